The van der Waals surface area contributed by atoms with Gasteiger partial charge in [0.25, 0.3) is 11.8 Å². The number of ether oxygens (including phenoxy) is 1. The average molecular weight is 407 g/mol. The Labute approximate surface area is 163 Å². The third-order valence-corrected chi connectivity index (χ3v) is 4.10. The summed E-state index contributed by atoms with van der Waals surface area (Å²) in [5.41, 5.74) is 1.20. The topological polar surface area (TPSA) is 56.2 Å². The molecule has 0 fully saturated rings. The SMILES string of the molecule is Cc1nn(-c2ccc(OC(F)F)cc2)cc1C(=O)Nc1cccc(C(C)(F)F)c1. The first-order valence-electron chi connectivity index (χ1n) is 8.55. The number of nitrogens with zero attached hydrogens (tertiary/aromatic N) is 2. The minimum Gasteiger partial charge on any atom is -0.435 e. The van der Waals surface area contributed by atoms with E-state index in [0.717, 1.165) is 6.92 Å². The predicted molar refractivity (Wildman–Crippen MR) is 98.9 cm³/mol. The predicted octanol–water partition coefficient (Wildman–Crippen LogP) is 5.15. The molecule has 152 valence electrons. The Balaban J connectivity index is 1.79. The first kappa shape index (κ1) is 20.4. The van der Waals surface area contributed by atoms with Gasteiger partial charge in [0.1, 0.15) is 5.75 Å². The van der Waals surface area contributed by atoms with E-state index in [1.807, 2.05) is 0 Å². The van der Waals surface area contributed by atoms with E-state index in [1.165, 1.54) is 59.4 Å². The molecule has 1 N–H and O–H groups in total. The highest BCUT2D eigenvalue weighted by atomic mass is 19.3. The molecule has 0 aliphatic carbocycles. The van der Waals surface area contributed by atoms with Crippen LogP contribution in [-0.2, 0) is 5.92 Å². The van der Waals surface area contributed by atoms with Crippen molar-refractivity contribution in [3.05, 3.63) is 71.5 Å². The van der Waals surface area contributed by atoms with E-state index in [1.54, 1.807) is 6.92 Å². The minimum atomic E-state index is -3.03. The van der Waals surface area contributed by atoms with Crippen LogP contribution in [0.3, 0.4) is 0 Å². The van der Waals surface area contributed by atoms with E-state index in [2.05, 4.69) is 15.2 Å². The zero-order valence-corrected chi connectivity index (χ0v) is 15.5. The standard InChI is InChI=1S/C20H17F4N3O2/c1-12-17(18(28)25-14-5-3-4-13(10-14)20(2,23)24)11-27(26-12)15-6-8-16(9-7-15)29-19(21)22/h3-11,19H,1-2H3,(H,25,28). The Morgan fingerprint density at radius 2 is 1.86 bits per heavy atom. The summed E-state index contributed by atoms with van der Waals surface area (Å²) in [6.07, 6.45) is 1.46. The van der Waals surface area contributed by atoms with E-state index in [9.17, 15) is 22.4 Å². The highest BCUT2D eigenvalue weighted by Gasteiger charge is 2.24. The molecule has 0 spiro atoms. The molecule has 9 heteroatoms. The van der Waals surface area contributed by atoms with Gasteiger partial charge in [0, 0.05) is 24.4 Å². The van der Waals surface area contributed by atoms with Gasteiger partial charge in [0.15, 0.2) is 0 Å². The Morgan fingerprint density at radius 1 is 1.17 bits per heavy atom. The van der Waals surface area contributed by atoms with Crippen molar-refractivity contribution in [3.8, 4) is 11.4 Å². The monoisotopic (exact) mass is 407 g/mol. The summed E-state index contributed by atoms with van der Waals surface area (Å²) in [6, 6.07) is 11.2. The quantitative estimate of drug-likeness (QED) is 0.576. The molecule has 2 aromatic carbocycles. The molecule has 1 amide bonds. The summed E-state index contributed by atoms with van der Waals surface area (Å²) in [5.74, 6) is -3.54. The summed E-state index contributed by atoms with van der Waals surface area (Å²) in [4.78, 5) is 12.6. The lowest BCUT2D eigenvalue weighted by atomic mass is 10.1. The Morgan fingerprint density at radius 3 is 2.48 bits per heavy atom. The first-order valence-corrected chi connectivity index (χ1v) is 8.55. The number of hydrogen-bond donors (Lipinski definition) is 1. The van der Waals surface area contributed by atoms with Crippen molar-refractivity contribution in [1.29, 1.82) is 0 Å². The number of hydrogen-bond acceptors (Lipinski definition) is 3. The molecule has 0 aliphatic heterocycles. The zero-order chi connectivity index (χ0) is 21.2. The number of nitrogens with one attached hydrogen (secondary N) is 1. The van der Waals surface area contributed by atoms with Crippen molar-refractivity contribution in [2.24, 2.45) is 0 Å². The van der Waals surface area contributed by atoms with Crippen LogP contribution in [0.15, 0.2) is 54.7 Å². The number of halogens is 4. The van der Waals surface area contributed by atoms with Crippen LogP contribution < -0.4 is 10.1 Å². The van der Waals surface area contributed by atoms with Crippen LogP contribution in [0.5, 0.6) is 5.75 Å². The number of rotatable bonds is 6. The second kappa shape index (κ2) is 7.94. The van der Waals surface area contributed by atoms with Gasteiger partial charge in [-0.3, -0.25) is 4.79 Å². The summed E-state index contributed by atoms with van der Waals surface area (Å²) in [6.45, 7) is -0.523. The summed E-state index contributed by atoms with van der Waals surface area (Å²) in [5, 5.41) is 6.82. The lowest BCUT2D eigenvalue weighted by Gasteiger charge is -2.12. The van der Waals surface area contributed by atoms with Gasteiger partial charge in [-0.1, -0.05) is 12.1 Å². The van der Waals surface area contributed by atoms with Crippen LogP contribution in [-0.4, -0.2) is 22.3 Å². The lowest BCUT2D eigenvalue weighted by Crippen LogP contribution is -2.14. The van der Waals surface area contributed by atoms with Crippen molar-refractivity contribution in [3.63, 3.8) is 0 Å². The largest absolute Gasteiger partial charge is 0.435 e. The van der Waals surface area contributed by atoms with Crippen LogP contribution in [0.1, 0.15) is 28.5 Å². The summed E-state index contributed by atoms with van der Waals surface area (Å²) in [7, 11) is 0. The fraction of sp³-hybridized carbons (Fsp3) is 0.200. The summed E-state index contributed by atoms with van der Waals surface area (Å²) >= 11 is 0. The molecule has 0 unspecified atom stereocenters. The number of anilines is 1. The molecule has 1 heterocycles. The summed E-state index contributed by atoms with van der Waals surface area (Å²) < 4.78 is 57.1. The zero-order valence-electron chi connectivity index (χ0n) is 15.5. The van der Waals surface area contributed by atoms with Gasteiger partial charge in [-0.15, -0.1) is 0 Å². The second-order valence-electron chi connectivity index (χ2n) is 6.37. The number of alkyl halides is 4. The molecule has 0 aliphatic rings. The fourth-order valence-electron chi connectivity index (χ4n) is 2.66. The molecular weight excluding hydrogens is 390 g/mol. The third kappa shape index (κ3) is 4.92. The van der Waals surface area contributed by atoms with Crippen molar-refractivity contribution >= 4 is 11.6 Å². The maximum Gasteiger partial charge on any atom is 0.387 e. The van der Waals surface area contributed by atoms with Gasteiger partial charge in [-0.25, -0.2) is 13.5 Å². The number of carbonyl (C=O) groups excluding carboxylic acids is 1. The molecule has 0 bridgehead atoms. The van der Waals surface area contributed by atoms with E-state index in [4.69, 9.17) is 0 Å². The normalized spacial score (nSPS) is 11.6. The van der Waals surface area contributed by atoms with Crippen molar-refractivity contribution in [2.45, 2.75) is 26.4 Å². The van der Waals surface area contributed by atoms with Crippen LogP contribution in [0, 0.1) is 6.92 Å². The number of amides is 1. The lowest BCUT2D eigenvalue weighted by molar-refractivity contribution is -0.0498. The maximum absolute atomic E-state index is 13.5. The highest BCUT2D eigenvalue weighted by Crippen LogP contribution is 2.29. The molecule has 3 rings (SSSR count). The second-order valence-corrected chi connectivity index (χ2v) is 6.37. The van der Waals surface area contributed by atoms with Crippen LogP contribution in [0.4, 0.5) is 23.2 Å². The van der Waals surface area contributed by atoms with Gasteiger partial charge < -0.3 is 10.1 Å². The maximum atomic E-state index is 13.5. The van der Waals surface area contributed by atoms with Gasteiger partial charge >= 0.3 is 6.61 Å². The van der Waals surface area contributed by atoms with E-state index in [-0.39, 0.29) is 22.6 Å². The van der Waals surface area contributed by atoms with E-state index in [0.29, 0.717) is 11.4 Å². The van der Waals surface area contributed by atoms with Gasteiger partial charge in [-0.05, 0) is 43.3 Å². The number of aromatic nitrogens is 2. The van der Waals surface area contributed by atoms with E-state index >= 15 is 0 Å². The molecule has 5 nitrogen and oxygen atoms in total. The number of benzene rings is 2. The Kier molecular flexibility index (Phi) is 5.58. The van der Waals surface area contributed by atoms with Crippen LogP contribution in [0.25, 0.3) is 5.69 Å². The van der Waals surface area contributed by atoms with E-state index < -0.39 is 18.4 Å². The van der Waals surface area contributed by atoms with Crippen LogP contribution >= 0.6 is 0 Å². The highest BCUT2D eigenvalue weighted by molar-refractivity contribution is 6.05. The average Bonchev–Trinajstić information content (AvgIpc) is 3.03. The first-order chi connectivity index (χ1) is 13.6. The Hall–Kier alpha value is -3.36. The molecular formula is C20H17F4N3O2. The number of aryl methyl sites for hydroxylation is 1. The fourth-order valence-corrected chi connectivity index (χ4v) is 2.66. The Bertz CT molecular complexity index is 1010. The third-order valence-electron chi connectivity index (χ3n) is 4.10. The number of carbonyl (C=O) groups is 1. The smallest absolute Gasteiger partial charge is 0.387 e. The molecule has 29 heavy (non-hydrogen) atoms. The van der Waals surface area contributed by atoms with Gasteiger partial charge in [0.2, 0.25) is 0 Å². The van der Waals surface area contributed by atoms with Crippen molar-refractivity contribution in [1.82, 2.24) is 9.78 Å². The molecule has 3 aromatic rings. The molecule has 0 radical (unpaired) electrons. The molecule has 0 atom stereocenters. The van der Waals surface area contributed by atoms with Gasteiger partial charge in [-0.2, -0.15) is 13.9 Å². The molecule has 0 saturated heterocycles. The molecule has 1 aromatic heterocycles. The van der Waals surface area contributed by atoms with Crippen molar-refractivity contribution in [2.75, 3.05) is 5.32 Å². The molecule has 0 saturated carbocycles. The van der Waals surface area contributed by atoms with Gasteiger partial charge in [0.05, 0.1) is 16.9 Å². The minimum absolute atomic E-state index is 0.00166. The van der Waals surface area contributed by atoms with Crippen LogP contribution in [0.2, 0.25) is 0 Å². The van der Waals surface area contributed by atoms with Crippen molar-refractivity contribution < 1.29 is 27.1 Å².